The lowest BCUT2D eigenvalue weighted by Crippen LogP contribution is -2.30. The van der Waals surface area contributed by atoms with Crippen LogP contribution in [0.4, 0.5) is 4.39 Å². The topological polar surface area (TPSA) is 67.6 Å². The minimum atomic E-state index is -0.615. The molecular weight excluding hydrogens is 477 g/mol. The second-order valence-electron chi connectivity index (χ2n) is 8.08. The normalized spacial score (nSPS) is 15.9. The summed E-state index contributed by atoms with van der Waals surface area (Å²) in [6, 6.07) is 15.4. The number of benzene rings is 2. The summed E-state index contributed by atoms with van der Waals surface area (Å²) in [6.45, 7) is 2.12. The number of rotatable bonds is 6. The molecule has 1 amide bonds. The Labute approximate surface area is 204 Å². The summed E-state index contributed by atoms with van der Waals surface area (Å²) in [5.41, 5.74) is 3.61. The van der Waals surface area contributed by atoms with Gasteiger partial charge in [-0.25, -0.2) is 9.07 Å². The van der Waals surface area contributed by atoms with Gasteiger partial charge in [0.2, 0.25) is 0 Å². The van der Waals surface area contributed by atoms with Gasteiger partial charge in [0.25, 0.3) is 5.91 Å². The van der Waals surface area contributed by atoms with Crippen molar-refractivity contribution in [2.24, 2.45) is 0 Å². The molecule has 6 nitrogen and oxygen atoms in total. The Bertz CT molecular complexity index is 1350. The first-order valence-electron chi connectivity index (χ1n) is 10.7. The molecule has 0 saturated carbocycles. The van der Waals surface area contributed by atoms with Gasteiger partial charge in [-0.1, -0.05) is 23.7 Å². The van der Waals surface area contributed by atoms with Gasteiger partial charge in [-0.2, -0.15) is 5.10 Å². The van der Waals surface area contributed by atoms with Crippen LogP contribution >= 0.6 is 22.9 Å². The number of hydrogen-bond donors (Lipinski definition) is 1. The van der Waals surface area contributed by atoms with Gasteiger partial charge in [0.05, 0.1) is 14.9 Å². The Hall–Kier alpha value is -3.20. The van der Waals surface area contributed by atoms with E-state index < -0.39 is 6.23 Å². The Kier molecular flexibility index (Phi) is 6.12. The zero-order valence-corrected chi connectivity index (χ0v) is 19.8. The van der Waals surface area contributed by atoms with Gasteiger partial charge in [-0.05, 0) is 66.9 Å². The molecule has 5 rings (SSSR count). The van der Waals surface area contributed by atoms with E-state index in [9.17, 15) is 14.3 Å². The second kappa shape index (κ2) is 9.21. The minimum Gasteiger partial charge on any atom is -0.508 e. The highest BCUT2D eigenvalue weighted by Gasteiger charge is 2.36. The molecule has 0 radical (unpaired) electrons. The molecule has 1 atom stereocenters. The van der Waals surface area contributed by atoms with E-state index in [-0.39, 0.29) is 24.1 Å². The minimum absolute atomic E-state index is 0.0221. The number of hydrogen-bond acceptors (Lipinski definition) is 5. The standard InChI is InChI=1S/C25H21ClFN3O3S/c1-15-12-17(4-7-20(15)27)30-13-19(24(28-30)21-8-9-22(26)34-21)25-29(23(32)14-33-25)11-10-16-2-5-18(31)6-3-16/h2-9,12-13,25,31H,10-11,14H2,1H3/t25-/m1/s1. The summed E-state index contributed by atoms with van der Waals surface area (Å²) in [5.74, 6) is -0.194. The number of amides is 1. The third-order valence-corrected chi connectivity index (χ3v) is 7.00. The van der Waals surface area contributed by atoms with Crippen molar-refractivity contribution >= 4 is 28.8 Å². The molecule has 3 heterocycles. The summed E-state index contributed by atoms with van der Waals surface area (Å²) >= 11 is 7.58. The lowest BCUT2D eigenvalue weighted by atomic mass is 10.1. The average molecular weight is 498 g/mol. The number of thiophene rings is 1. The number of aromatic nitrogens is 2. The molecule has 0 aliphatic carbocycles. The van der Waals surface area contributed by atoms with Crippen molar-refractivity contribution in [3.63, 3.8) is 0 Å². The largest absolute Gasteiger partial charge is 0.508 e. The molecule has 174 valence electrons. The molecule has 1 aliphatic rings. The molecule has 2 aromatic carbocycles. The predicted octanol–water partition coefficient (Wildman–Crippen LogP) is 5.51. The number of phenolic OH excluding ortho intramolecular Hbond substituents is 1. The number of carbonyl (C=O) groups is 1. The van der Waals surface area contributed by atoms with Gasteiger partial charge in [-0.15, -0.1) is 11.3 Å². The van der Waals surface area contributed by atoms with Crippen LogP contribution in [0.2, 0.25) is 4.34 Å². The zero-order chi connectivity index (χ0) is 23.8. The SMILES string of the molecule is Cc1cc(-n2cc([C@H]3OCC(=O)N3CCc3ccc(O)cc3)c(-c3ccc(Cl)s3)n2)ccc1F. The highest BCUT2D eigenvalue weighted by molar-refractivity contribution is 7.19. The van der Waals surface area contributed by atoms with Crippen LogP contribution in [-0.4, -0.2) is 38.8 Å². The summed E-state index contributed by atoms with van der Waals surface area (Å²) < 4.78 is 22.1. The maximum atomic E-state index is 13.8. The third-order valence-electron chi connectivity index (χ3n) is 5.77. The molecule has 34 heavy (non-hydrogen) atoms. The molecule has 1 N–H and O–H groups in total. The number of ether oxygens (including phenoxy) is 1. The molecule has 0 unspecified atom stereocenters. The highest BCUT2D eigenvalue weighted by atomic mass is 35.5. The fourth-order valence-corrected chi connectivity index (χ4v) is 5.02. The van der Waals surface area contributed by atoms with Crippen molar-refractivity contribution < 1.29 is 19.0 Å². The Morgan fingerprint density at radius 1 is 1.21 bits per heavy atom. The Morgan fingerprint density at radius 2 is 2.00 bits per heavy atom. The maximum Gasteiger partial charge on any atom is 0.250 e. The van der Waals surface area contributed by atoms with Gasteiger partial charge < -0.3 is 14.7 Å². The van der Waals surface area contributed by atoms with Crippen LogP contribution in [0, 0.1) is 12.7 Å². The number of nitrogens with zero attached hydrogens (tertiary/aromatic N) is 3. The van der Waals surface area contributed by atoms with Crippen molar-refractivity contribution in [3.05, 3.63) is 87.6 Å². The molecule has 1 fully saturated rings. The first kappa shape index (κ1) is 22.6. The number of phenols is 1. The lowest BCUT2D eigenvalue weighted by molar-refractivity contribution is -0.128. The van der Waals surface area contributed by atoms with Gasteiger partial charge in [0.1, 0.15) is 23.9 Å². The van der Waals surface area contributed by atoms with E-state index in [4.69, 9.17) is 21.4 Å². The van der Waals surface area contributed by atoms with E-state index in [1.807, 2.05) is 24.4 Å². The zero-order valence-electron chi connectivity index (χ0n) is 18.2. The summed E-state index contributed by atoms with van der Waals surface area (Å²) in [6.07, 6.45) is 1.82. The summed E-state index contributed by atoms with van der Waals surface area (Å²) in [7, 11) is 0. The van der Waals surface area contributed by atoms with Crippen molar-refractivity contribution in [2.45, 2.75) is 19.6 Å². The molecule has 0 spiro atoms. The van der Waals surface area contributed by atoms with Crippen LogP contribution in [0.25, 0.3) is 16.3 Å². The average Bonchev–Trinajstić information content (AvgIpc) is 3.53. The van der Waals surface area contributed by atoms with Crippen LogP contribution in [0.1, 0.15) is 22.9 Å². The van der Waals surface area contributed by atoms with Crippen LogP contribution < -0.4 is 0 Å². The molecular formula is C25H21ClFN3O3S. The van der Waals surface area contributed by atoms with Gasteiger partial charge in [0.15, 0.2) is 6.23 Å². The highest BCUT2D eigenvalue weighted by Crippen LogP contribution is 2.39. The fraction of sp³-hybridized carbons (Fsp3) is 0.200. The van der Waals surface area contributed by atoms with E-state index in [1.54, 1.807) is 46.8 Å². The van der Waals surface area contributed by atoms with Crippen LogP contribution in [0.5, 0.6) is 5.75 Å². The molecule has 1 aliphatic heterocycles. The van der Waals surface area contributed by atoms with Gasteiger partial charge in [0, 0.05) is 18.3 Å². The molecule has 1 saturated heterocycles. The van der Waals surface area contributed by atoms with E-state index in [1.165, 1.54) is 17.4 Å². The number of carbonyl (C=O) groups excluding carboxylic acids is 1. The van der Waals surface area contributed by atoms with Crippen LogP contribution in [0.3, 0.4) is 0 Å². The smallest absolute Gasteiger partial charge is 0.250 e. The van der Waals surface area contributed by atoms with Gasteiger partial charge in [-0.3, -0.25) is 4.79 Å². The van der Waals surface area contributed by atoms with Crippen LogP contribution in [-0.2, 0) is 16.0 Å². The quantitative estimate of drug-likeness (QED) is 0.381. The number of aryl methyl sites for hydroxylation is 1. The molecule has 4 aromatic rings. The van der Waals surface area contributed by atoms with Crippen molar-refractivity contribution in [2.75, 3.05) is 13.2 Å². The van der Waals surface area contributed by atoms with E-state index in [0.717, 1.165) is 16.0 Å². The van der Waals surface area contributed by atoms with Crippen LogP contribution in [0.15, 0.2) is 60.8 Å². The Morgan fingerprint density at radius 3 is 2.71 bits per heavy atom. The summed E-state index contributed by atoms with van der Waals surface area (Å²) in [5, 5.41) is 14.3. The monoisotopic (exact) mass is 497 g/mol. The van der Waals surface area contributed by atoms with Gasteiger partial charge >= 0.3 is 0 Å². The second-order valence-corrected chi connectivity index (χ2v) is 9.80. The number of aromatic hydroxyl groups is 1. The molecule has 2 aromatic heterocycles. The van der Waals surface area contributed by atoms with Crippen molar-refractivity contribution in [1.82, 2.24) is 14.7 Å². The number of halogens is 2. The van der Waals surface area contributed by atoms with Crippen molar-refractivity contribution in [3.8, 4) is 22.0 Å². The van der Waals surface area contributed by atoms with E-state index >= 15 is 0 Å². The first-order chi connectivity index (χ1) is 16.4. The van der Waals surface area contributed by atoms with Crippen molar-refractivity contribution in [1.29, 1.82) is 0 Å². The third kappa shape index (κ3) is 4.44. The summed E-state index contributed by atoms with van der Waals surface area (Å²) in [4.78, 5) is 15.3. The lowest BCUT2D eigenvalue weighted by Gasteiger charge is -2.23. The first-order valence-corrected chi connectivity index (χ1v) is 11.9. The maximum absolute atomic E-state index is 13.8. The van der Waals surface area contributed by atoms with E-state index in [2.05, 4.69) is 0 Å². The molecule has 0 bridgehead atoms. The Balaban J connectivity index is 1.51. The fourth-order valence-electron chi connectivity index (χ4n) is 3.97. The predicted molar refractivity (Wildman–Crippen MR) is 129 cm³/mol. The van der Waals surface area contributed by atoms with E-state index in [0.29, 0.717) is 34.2 Å². The molecule has 9 heteroatoms.